The van der Waals surface area contributed by atoms with E-state index in [1.54, 1.807) is 26.4 Å². The van der Waals surface area contributed by atoms with Crippen LogP contribution in [0.3, 0.4) is 0 Å². The van der Waals surface area contributed by atoms with E-state index in [1.165, 1.54) is 18.5 Å². The van der Waals surface area contributed by atoms with Crippen LogP contribution in [0.25, 0.3) is 5.70 Å². The summed E-state index contributed by atoms with van der Waals surface area (Å²) >= 11 is 0. The third-order valence-corrected chi connectivity index (χ3v) is 6.23. The van der Waals surface area contributed by atoms with E-state index in [-0.39, 0.29) is 5.82 Å². The topological polar surface area (TPSA) is 70.4 Å². The van der Waals surface area contributed by atoms with E-state index in [0.29, 0.717) is 17.4 Å². The predicted molar refractivity (Wildman–Crippen MR) is 124 cm³/mol. The van der Waals surface area contributed by atoms with Crippen molar-refractivity contribution in [2.45, 2.75) is 12.1 Å². The molecule has 7 nitrogen and oxygen atoms in total. The van der Waals surface area contributed by atoms with Crippen LogP contribution in [0, 0.1) is 5.82 Å². The molecule has 0 aliphatic carbocycles. The maximum absolute atomic E-state index is 13.8. The molecule has 0 saturated heterocycles. The predicted octanol–water partition coefficient (Wildman–Crippen LogP) is 4.99. The van der Waals surface area contributed by atoms with Crippen LogP contribution in [0.2, 0.25) is 0 Å². The lowest BCUT2D eigenvalue weighted by Gasteiger charge is -2.39. The van der Waals surface area contributed by atoms with Crippen molar-refractivity contribution in [2.75, 3.05) is 19.5 Å². The molecule has 0 unspecified atom stereocenters. The van der Waals surface area contributed by atoms with Gasteiger partial charge in [0.15, 0.2) is 0 Å². The molecule has 1 aromatic heterocycles. The summed E-state index contributed by atoms with van der Waals surface area (Å²) in [6.07, 6.45) is 1.01. The standard InChI is InChI=1S/C26H21FN4O3/c1-32-17-11-12-20(33-2)19(13-17)24-22-23(30-26-28-14-29-31(24)26)18-5-3-4-6-21(18)34-25(22)15-7-9-16(27)10-8-15/h3-14,24-25H,1-2H3,(H,28,29,30)/t24-,25-/m1/s1. The van der Waals surface area contributed by atoms with Gasteiger partial charge in [0.05, 0.1) is 19.9 Å². The van der Waals surface area contributed by atoms with Gasteiger partial charge >= 0.3 is 0 Å². The summed E-state index contributed by atoms with van der Waals surface area (Å²) in [5, 5.41) is 7.99. The molecule has 0 spiro atoms. The Balaban J connectivity index is 1.65. The zero-order valence-corrected chi connectivity index (χ0v) is 18.5. The number of halogens is 1. The van der Waals surface area contributed by atoms with Crippen LogP contribution in [-0.2, 0) is 0 Å². The minimum atomic E-state index is -0.503. The van der Waals surface area contributed by atoms with Crippen molar-refractivity contribution in [1.82, 2.24) is 14.8 Å². The van der Waals surface area contributed by atoms with Crippen molar-refractivity contribution in [3.05, 3.63) is 101 Å². The Hall–Kier alpha value is -4.33. The molecule has 2 atom stereocenters. The van der Waals surface area contributed by atoms with Crippen LogP contribution in [0.1, 0.15) is 28.8 Å². The minimum absolute atomic E-state index is 0.305. The van der Waals surface area contributed by atoms with E-state index < -0.39 is 12.1 Å². The summed E-state index contributed by atoms with van der Waals surface area (Å²) in [6.45, 7) is 0. The monoisotopic (exact) mass is 456 g/mol. The van der Waals surface area contributed by atoms with Gasteiger partial charge in [-0.15, -0.1) is 0 Å². The van der Waals surface area contributed by atoms with Gasteiger partial charge in [0, 0.05) is 16.7 Å². The molecule has 34 heavy (non-hydrogen) atoms. The molecule has 2 aliphatic heterocycles. The van der Waals surface area contributed by atoms with E-state index >= 15 is 0 Å². The summed E-state index contributed by atoms with van der Waals surface area (Å²) in [6, 6.07) is 19.5. The molecule has 170 valence electrons. The summed E-state index contributed by atoms with van der Waals surface area (Å²) in [5.74, 6) is 2.39. The van der Waals surface area contributed by atoms with Crippen molar-refractivity contribution in [1.29, 1.82) is 0 Å². The molecular weight excluding hydrogens is 435 g/mol. The first kappa shape index (κ1) is 20.3. The largest absolute Gasteiger partial charge is 0.497 e. The van der Waals surface area contributed by atoms with Crippen molar-refractivity contribution >= 4 is 11.6 Å². The van der Waals surface area contributed by atoms with Gasteiger partial charge in [-0.3, -0.25) is 0 Å². The highest BCUT2D eigenvalue weighted by atomic mass is 19.1. The van der Waals surface area contributed by atoms with Crippen molar-refractivity contribution in [3.8, 4) is 17.2 Å². The first-order chi connectivity index (χ1) is 16.7. The third kappa shape index (κ3) is 3.10. The maximum Gasteiger partial charge on any atom is 0.226 e. The van der Waals surface area contributed by atoms with Gasteiger partial charge in [-0.1, -0.05) is 24.3 Å². The van der Waals surface area contributed by atoms with Crippen LogP contribution >= 0.6 is 0 Å². The Morgan fingerprint density at radius 1 is 1.00 bits per heavy atom. The third-order valence-electron chi connectivity index (χ3n) is 6.23. The Morgan fingerprint density at radius 2 is 1.82 bits per heavy atom. The Kier molecular flexibility index (Phi) is 4.72. The van der Waals surface area contributed by atoms with Crippen molar-refractivity contribution < 1.29 is 18.6 Å². The van der Waals surface area contributed by atoms with E-state index in [2.05, 4.69) is 15.4 Å². The highest BCUT2D eigenvalue weighted by Gasteiger charge is 2.42. The number of benzene rings is 3. The summed E-state index contributed by atoms with van der Waals surface area (Å²) in [4.78, 5) is 4.45. The number of anilines is 1. The van der Waals surface area contributed by atoms with Crippen molar-refractivity contribution in [2.24, 2.45) is 0 Å². The SMILES string of the molecule is COc1ccc(OC)c([C@@H]2C3=C(Nc4ncnn42)c2ccccc2O[C@@H]3c2ccc(F)cc2)c1. The van der Waals surface area contributed by atoms with Crippen molar-refractivity contribution in [3.63, 3.8) is 0 Å². The quantitative estimate of drug-likeness (QED) is 0.466. The zero-order chi connectivity index (χ0) is 23.2. The fourth-order valence-electron chi connectivity index (χ4n) is 4.68. The van der Waals surface area contributed by atoms with Gasteiger partial charge in [0.1, 0.15) is 41.5 Å². The average Bonchev–Trinajstić information content (AvgIpc) is 3.35. The second kappa shape index (κ2) is 7.91. The first-order valence-electron chi connectivity index (χ1n) is 10.8. The molecule has 0 amide bonds. The fourth-order valence-corrected chi connectivity index (χ4v) is 4.68. The molecule has 6 rings (SSSR count). The highest BCUT2D eigenvalue weighted by molar-refractivity contribution is 5.85. The Labute approximate surface area is 195 Å². The fraction of sp³-hybridized carbons (Fsp3) is 0.154. The van der Waals surface area contributed by atoms with Crippen LogP contribution in [0.4, 0.5) is 10.3 Å². The second-order valence-corrected chi connectivity index (χ2v) is 8.04. The number of para-hydroxylation sites is 1. The van der Waals surface area contributed by atoms with Crippen LogP contribution in [0.5, 0.6) is 17.2 Å². The molecular formula is C26H21FN4O3. The lowest BCUT2D eigenvalue weighted by Crippen LogP contribution is -2.32. The molecule has 3 aromatic carbocycles. The molecule has 2 aliphatic rings. The van der Waals surface area contributed by atoms with Crippen LogP contribution in [-0.4, -0.2) is 29.0 Å². The number of ether oxygens (including phenoxy) is 3. The molecule has 0 radical (unpaired) electrons. The first-order valence-corrected chi connectivity index (χ1v) is 10.8. The molecule has 0 saturated carbocycles. The van der Waals surface area contributed by atoms with Crippen LogP contribution < -0.4 is 19.5 Å². The van der Waals surface area contributed by atoms with E-state index in [1.807, 2.05) is 47.1 Å². The lowest BCUT2D eigenvalue weighted by molar-refractivity contribution is 0.222. The molecule has 0 bridgehead atoms. The number of rotatable bonds is 4. The number of methoxy groups -OCH3 is 2. The number of hydrogen-bond acceptors (Lipinski definition) is 6. The van der Waals surface area contributed by atoms with Gasteiger partial charge in [0.2, 0.25) is 5.95 Å². The number of hydrogen-bond donors (Lipinski definition) is 1. The summed E-state index contributed by atoms with van der Waals surface area (Å²) in [7, 11) is 3.26. The zero-order valence-electron chi connectivity index (χ0n) is 18.5. The van der Waals surface area contributed by atoms with Gasteiger partial charge in [0.25, 0.3) is 0 Å². The molecule has 4 aromatic rings. The molecule has 3 heterocycles. The number of fused-ring (bicyclic) bond motifs is 3. The summed E-state index contributed by atoms with van der Waals surface area (Å²) in [5.41, 5.74) is 4.37. The van der Waals surface area contributed by atoms with E-state index in [0.717, 1.165) is 33.7 Å². The van der Waals surface area contributed by atoms with E-state index in [9.17, 15) is 4.39 Å². The minimum Gasteiger partial charge on any atom is -0.497 e. The number of nitrogens with zero attached hydrogens (tertiary/aromatic N) is 3. The Morgan fingerprint density at radius 3 is 2.62 bits per heavy atom. The normalized spacial score (nSPS) is 18.2. The number of aromatic nitrogens is 3. The molecule has 8 heteroatoms. The van der Waals surface area contributed by atoms with Gasteiger partial charge < -0.3 is 19.5 Å². The molecule has 1 N–H and O–H groups in total. The highest BCUT2D eigenvalue weighted by Crippen LogP contribution is 2.52. The van der Waals surface area contributed by atoms with Crippen LogP contribution in [0.15, 0.2) is 78.6 Å². The lowest BCUT2D eigenvalue weighted by atomic mass is 9.84. The van der Waals surface area contributed by atoms with E-state index in [4.69, 9.17) is 14.2 Å². The molecule has 0 fully saturated rings. The maximum atomic E-state index is 13.8. The second-order valence-electron chi connectivity index (χ2n) is 8.04. The van der Waals surface area contributed by atoms with Gasteiger partial charge in [-0.05, 0) is 48.0 Å². The number of nitrogens with one attached hydrogen (secondary N) is 1. The smallest absolute Gasteiger partial charge is 0.226 e. The average molecular weight is 456 g/mol. The summed E-state index contributed by atoms with van der Waals surface area (Å²) < 4.78 is 33.4. The Bertz CT molecular complexity index is 1410. The van der Waals surface area contributed by atoms with Gasteiger partial charge in [-0.2, -0.15) is 10.1 Å². The van der Waals surface area contributed by atoms with Gasteiger partial charge in [-0.25, -0.2) is 9.07 Å².